The molecule has 0 unspecified atom stereocenters. The van der Waals surface area contributed by atoms with Crippen molar-refractivity contribution in [1.29, 1.82) is 0 Å². The van der Waals surface area contributed by atoms with Gasteiger partial charge in [-0.15, -0.1) is 0 Å². The van der Waals surface area contributed by atoms with Crippen LogP contribution in [0.2, 0.25) is 10.0 Å². The van der Waals surface area contributed by atoms with Gasteiger partial charge >= 0.3 is 0 Å². The zero-order valence-electron chi connectivity index (χ0n) is 10.9. The van der Waals surface area contributed by atoms with E-state index in [1.54, 1.807) is 6.07 Å². The van der Waals surface area contributed by atoms with Crippen molar-refractivity contribution in [2.24, 2.45) is 0 Å². The largest absolute Gasteiger partial charge is 0.359 e. The lowest BCUT2D eigenvalue weighted by molar-refractivity contribution is 0.102. The van der Waals surface area contributed by atoms with Crippen molar-refractivity contribution in [2.45, 2.75) is 0 Å². The topological polar surface area (TPSA) is 44.9 Å². The molecule has 2 aromatic carbocycles. The number of halogens is 4. The van der Waals surface area contributed by atoms with E-state index < -0.39 is 17.5 Å². The number of benzene rings is 2. The molecule has 1 heterocycles. The van der Waals surface area contributed by atoms with Crippen molar-refractivity contribution in [3.63, 3.8) is 0 Å². The number of H-pyrrole nitrogens is 1. The lowest BCUT2D eigenvalue weighted by Crippen LogP contribution is -2.12. The van der Waals surface area contributed by atoms with Crippen molar-refractivity contribution in [1.82, 2.24) is 4.98 Å². The summed E-state index contributed by atoms with van der Waals surface area (Å²) in [5, 5.41) is 3.32. The molecule has 112 valence electrons. The summed E-state index contributed by atoms with van der Waals surface area (Å²) in [6.45, 7) is 0. The maximum atomic E-state index is 13.4. The minimum Gasteiger partial charge on any atom is -0.359 e. The molecule has 3 rings (SSSR count). The minimum absolute atomic E-state index is 0.114. The van der Waals surface area contributed by atoms with Gasteiger partial charge in [-0.05, 0) is 18.2 Å². The third-order valence-corrected chi connectivity index (χ3v) is 3.79. The van der Waals surface area contributed by atoms with Gasteiger partial charge in [0, 0.05) is 17.6 Å². The van der Waals surface area contributed by atoms with Crippen LogP contribution in [0, 0.1) is 11.6 Å². The van der Waals surface area contributed by atoms with E-state index in [-0.39, 0.29) is 15.6 Å². The Kier molecular flexibility index (Phi) is 3.76. The molecule has 3 aromatic rings. The van der Waals surface area contributed by atoms with Crippen molar-refractivity contribution >= 4 is 45.7 Å². The number of hydrogen-bond donors (Lipinski definition) is 2. The molecule has 22 heavy (non-hydrogen) atoms. The standard InChI is InChI=1S/C15H8Cl2F2N2O/c16-8-2-1-3-9(17)14(8)15(22)21-13-6-20-12-5-11(19)10(18)4-7(12)13/h1-6,20H,(H,21,22). The van der Waals surface area contributed by atoms with Gasteiger partial charge in [-0.25, -0.2) is 8.78 Å². The third kappa shape index (κ3) is 2.53. The molecule has 1 aromatic heterocycles. The normalized spacial score (nSPS) is 10.9. The van der Waals surface area contributed by atoms with Crippen LogP contribution in [0.3, 0.4) is 0 Å². The van der Waals surface area contributed by atoms with Gasteiger partial charge < -0.3 is 10.3 Å². The van der Waals surface area contributed by atoms with Crippen LogP contribution in [-0.2, 0) is 0 Å². The number of aromatic amines is 1. The number of rotatable bonds is 2. The van der Waals surface area contributed by atoms with Gasteiger partial charge in [0.05, 0.1) is 26.8 Å². The van der Waals surface area contributed by atoms with Gasteiger partial charge in [-0.1, -0.05) is 29.3 Å². The monoisotopic (exact) mass is 340 g/mol. The molecule has 0 aliphatic carbocycles. The molecule has 0 saturated heterocycles. The Morgan fingerprint density at radius 1 is 1.09 bits per heavy atom. The van der Waals surface area contributed by atoms with Crippen LogP contribution in [-0.4, -0.2) is 10.9 Å². The van der Waals surface area contributed by atoms with Crippen molar-refractivity contribution in [3.8, 4) is 0 Å². The first-order chi connectivity index (χ1) is 10.5. The molecule has 7 heteroatoms. The molecule has 0 radical (unpaired) electrons. The summed E-state index contributed by atoms with van der Waals surface area (Å²) < 4.78 is 26.5. The molecule has 0 fully saturated rings. The SMILES string of the molecule is O=C(Nc1c[nH]c2cc(F)c(F)cc12)c1c(Cl)cccc1Cl. The van der Waals surface area contributed by atoms with E-state index in [0.29, 0.717) is 16.6 Å². The Morgan fingerprint density at radius 3 is 2.41 bits per heavy atom. The number of fused-ring (bicyclic) bond motifs is 1. The maximum Gasteiger partial charge on any atom is 0.258 e. The van der Waals surface area contributed by atoms with E-state index in [9.17, 15) is 13.6 Å². The lowest BCUT2D eigenvalue weighted by Gasteiger charge is -2.07. The maximum absolute atomic E-state index is 13.4. The summed E-state index contributed by atoms with van der Waals surface area (Å²) in [6.07, 6.45) is 1.44. The highest BCUT2D eigenvalue weighted by Gasteiger charge is 2.17. The van der Waals surface area contributed by atoms with Gasteiger partial charge in [0.15, 0.2) is 11.6 Å². The van der Waals surface area contributed by atoms with Crippen LogP contribution in [0.15, 0.2) is 36.5 Å². The van der Waals surface area contributed by atoms with E-state index in [1.807, 2.05) is 0 Å². The number of amides is 1. The fourth-order valence-corrected chi connectivity index (χ4v) is 2.69. The molecule has 1 amide bonds. The Bertz CT molecular complexity index is 872. The number of anilines is 1. The number of aromatic nitrogens is 1. The van der Waals surface area contributed by atoms with Gasteiger partial charge in [0.1, 0.15) is 0 Å². The molecular formula is C15H8Cl2F2N2O. The second kappa shape index (κ2) is 5.59. The Morgan fingerprint density at radius 2 is 1.73 bits per heavy atom. The molecular weight excluding hydrogens is 333 g/mol. The predicted octanol–water partition coefficient (Wildman–Crippen LogP) is 5.01. The van der Waals surface area contributed by atoms with Gasteiger partial charge in [-0.3, -0.25) is 4.79 Å². The second-order valence-corrected chi connectivity index (χ2v) is 5.38. The van der Waals surface area contributed by atoms with E-state index in [1.165, 1.54) is 18.3 Å². The first kappa shape index (κ1) is 14.8. The predicted molar refractivity (Wildman–Crippen MR) is 82.6 cm³/mol. The Hall–Kier alpha value is -2.11. The summed E-state index contributed by atoms with van der Waals surface area (Å²) in [5.41, 5.74) is 0.775. The second-order valence-electron chi connectivity index (χ2n) is 4.57. The van der Waals surface area contributed by atoms with Crippen molar-refractivity contribution in [2.75, 3.05) is 5.32 Å². The molecule has 0 aliphatic heterocycles. The van der Waals surface area contributed by atoms with E-state index in [0.717, 1.165) is 12.1 Å². The minimum atomic E-state index is -1.00. The number of carbonyl (C=O) groups is 1. The number of hydrogen-bond acceptors (Lipinski definition) is 1. The van der Waals surface area contributed by atoms with Gasteiger partial charge in [0.25, 0.3) is 5.91 Å². The highest BCUT2D eigenvalue weighted by atomic mass is 35.5. The molecule has 0 spiro atoms. The number of carbonyl (C=O) groups excluding carboxylic acids is 1. The zero-order valence-corrected chi connectivity index (χ0v) is 12.4. The Labute approximate surface area is 133 Å². The quantitative estimate of drug-likeness (QED) is 0.677. The van der Waals surface area contributed by atoms with E-state index in [4.69, 9.17) is 23.2 Å². The molecule has 0 aliphatic rings. The zero-order chi connectivity index (χ0) is 15.9. The van der Waals surface area contributed by atoms with Gasteiger partial charge in [0.2, 0.25) is 0 Å². The fourth-order valence-electron chi connectivity index (χ4n) is 2.12. The van der Waals surface area contributed by atoms with Crippen LogP contribution in [0.4, 0.5) is 14.5 Å². The first-order valence-corrected chi connectivity index (χ1v) is 6.94. The summed E-state index contributed by atoms with van der Waals surface area (Å²) in [4.78, 5) is 15.0. The summed E-state index contributed by atoms with van der Waals surface area (Å²) >= 11 is 11.9. The van der Waals surface area contributed by atoms with Crippen molar-refractivity contribution < 1.29 is 13.6 Å². The van der Waals surface area contributed by atoms with E-state index >= 15 is 0 Å². The van der Waals surface area contributed by atoms with Crippen LogP contribution in [0.5, 0.6) is 0 Å². The average molecular weight is 341 g/mol. The summed E-state index contributed by atoms with van der Waals surface area (Å²) in [5.74, 6) is -2.51. The highest BCUT2D eigenvalue weighted by Crippen LogP contribution is 2.29. The highest BCUT2D eigenvalue weighted by molar-refractivity contribution is 6.40. The molecule has 0 saturated carbocycles. The third-order valence-electron chi connectivity index (χ3n) is 3.16. The molecule has 0 bridgehead atoms. The molecule has 3 nitrogen and oxygen atoms in total. The van der Waals surface area contributed by atoms with Gasteiger partial charge in [-0.2, -0.15) is 0 Å². The summed E-state index contributed by atoms with van der Waals surface area (Å²) in [6, 6.07) is 6.71. The summed E-state index contributed by atoms with van der Waals surface area (Å²) in [7, 11) is 0. The van der Waals surface area contributed by atoms with Crippen LogP contribution >= 0.6 is 23.2 Å². The average Bonchev–Trinajstić information content (AvgIpc) is 2.81. The Balaban J connectivity index is 2.00. The lowest BCUT2D eigenvalue weighted by atomic mass is 10.2. The first-order valence-electron chi connectivity index (χ1n) is 6.19. The van der Waals surface area contributed by atoms with Crippen molar-refractivity contribution in [3.05, 3.63) is 63.8 Å². The smallest absolute Gasteiger partial charge is 0.258 e. The van der Waals surface area contributed by atoms with Crippen LogP contribution < -0.4 is 5.32 Å². The fraction of sp³-hybridized carbons (Fsp3) is 0. The van der Waals surface area contributed by atoms with Crippen LogP contribution in [0.25, 0.3) is 10.9 Å². The van der Waals surface area contributed by atoms with Crippen LogP contribution in [0.1, 0.15) is 10.4 Å². The van der Waals surface area contributed by atoms with E-state index in [2.05, 4.69) is 10.3 Å². The number of nitrogens with one attached hydrogen (secondary N) is 2. The molecule has 0 atom stereocenters. The molecule has 2 N–H and O–H groups in total.